The highest BCUT2D eigenvalue weighted by Gasteiger charge is 2.15. The predicted molar refractivity (Wildman–Crippen MR) is 219 cm³/mol. The van der Waals surface area contributed by atoms with Crippen molar-refractivity contribution in [1.82, 2.24) is 14.5 Å². The molecule has 1 rings (SSSR count). The van der Waals surface area contributed by atoms with Crippen molar-refractivity contribution >= 4 is 5.97 Å². The molecule has 0 saturated carbocycles. The van der Waals surface area contributed by atoms with Crippen molar-refractivity contribution < 1.29 is 14.6 Å². The largest absolute Gasteiger partial charge is 0.462 e. The van der Waals surface area contributed by atoms with Crippen molar-refractivity contribution in [2.24, 2.45) is 0 Å². The number of aliphatic hydroxyl groups is 1. The van der Waals surface area contributed by atoms with Crippen molar-refractivity contribution in [3.8, 4) is 0 Å². The zero-order valence-electron chi connectivity index (χ0n) is 34.4. The summed E-state index contributed by atoms with van der Waals surface area (Å²) in [4.78, 5) is 19.5. The lowest BCUT2D eigenvalue weighted by Crippen LogP contribution is -2.34. The van der Waals surface area contributed by atoms with Gasteiger partial charge in [0.05, 0.1) is 12.4 Å². The maximum Gasteiger partial charge on any atom is 0.306 e. The quantitative estimate of drug-likeness (QED) is 0.0541. The van der Waals surface area contributed by atoms with E-state index < -0.39 is 0 Å². The minimum absolute atomic E-state index is 0.0254. The number of aliphatic hydroxyl groups excluding tert-OH is 1. The predicted octanol–water partition coefficient (Wildman–Crippen LogP) is 13.0. The number of aromatic nitrogens is 2. The number of aryl methyl sites for hydroxylation is 1. The number of carbonyl (C=O) groups is 1. The molecule has 6 nitrogen and oxygen atoms in total. The third-order valence-electron chi connectivity index (χ3n) is 10.7. The van der Waals surface area contributed by atoms with E-state index in [0.717, 1.165) is 84.0 Å². The first-order valence-electron chi connectivity index (χ1n) is 22.6. The van der Waals surface area contributed by atoms with Crippen molar-refractivity contribution in [2.75, 3.05) is 19.6 Å². The van der Waals surface area contributed by atoms with Crippen LogP contribution >= 0.6 is 0 Å². The number of ether oxygens (including phenoxy) is 1. The Balaban J connectivity index is 2.30. The van der Waals surface area contributed by atoms with Gasteiger partial charge in [0.2, 0.25) is 0 Å². The van der Waals surface area contributed by atoms with Crippen molar-refractivity contribution in [2.45, 2.75) is 245 Å². The lowest BCUT2D eigenvalue weighted by atomic mass is 10.0. The molecule has 0 aliphatic heterocycles. The summed E-state index contributed by atoms with van der Waals surface area (Å²) in [6.07, 6.45) is 44.6. The second kappa shape index (κ2) is 36.9. The lowest BCUT2D eigenvalue weighted by Gasteiger charge is -2.25. The fraction of sp³-hybridized carbons (Fsp3) is 0.911. The van der Waals surface area contributed by atoms with Gasteiger partial charge in [0.15, 0.2) is 0 Å². The summed E-state index contributed by atoms with van der Waals surface area (Å²) in [6.45, 7) is 10.6. The number of carbonyl (C=O) groups excluding carboxylic acids is 1. The molecule has 300 valence electrons. The van der Waals surface area contributed by atoms with Crippen LogP contribution in [0.4, 0.5) is 0 Å². The van der Waals surface area contributed by atoms with Crippen LogP contribution in [0.5, 0.6) is 0 Å². The molecule has 0 aliphatic carbocycles. The van der Waals surface area contributed by atoms with Gasteiger partial charge in [-0.3, -0.25) is 4.79 Å². The third kappa shape index (κ3) is 31.8. The van der Waals surface area contributed by atoms with Gasteiger partial charge < -0.3 is 19.3 Å². The molecule has 51 heavy (non-hydrogen) atoms. The van der Waals surface area contributed by atoms with Gasteiger partial charge in [0.25, 0.3) is 0 Å². The van der Waals surface area contributed by atoms with Crippen LogP contribution in [0.1, 0.15) is 226 Å². The Morgan fingerprint density at radius 1 is 0.608 bits per heavy atom. The molecular weight excluding hydrogens is 631 g/mol. The van der Waals surface area contributed by atoms with E-state index >= 15 is 0 Å². The van der Waals surface area contributed by atoms with E-state index in [1.807, 2.05) is 18.7 Å². The number of nitrogens with zero attached hydrogens (tertiary/aromatic N) is 3. The maximum atomic E-state index is 12.8. The number of rotatable bonds is 40. The van der Waals surface area contributed by atoms with Crippen LogP contribution in [0.2, 0.25) is 0 Å². The van der Waals surface area contributed by atoms with E-state index in [1.54, 1.807) is 0 Å². The highest BCUT2D eigenvalue weighted by atomic mass is 16.5. The topological polar surface area (TPSA) is 67.6 Å². The van der Waals surface area contributed by atoms with Crippen molar-refractivity contribution in [1.29, 1.82) is 0 Å². The molecule has 1 aromatic heterocycles. The van der Waals surface area contributed by atoms with Crippen LogP contribution in [0.3, 0.4) is 0 Å². The number of imidazole rings is 1. The standard InChI is InChI=1S/C45H87N3O3/c1-4-7-10-13-16-17-18-19-21-26-32-43(49)41-47(38-31-39-48-40-36-46-42-48)37-30-25-20-24-29-35-45(50)51-44(33-27-22-14-11-8-5-2)34-28-23-15-12-9-6-3/h36,40,42-44,49H,4-35,37-39,41H2,1-3H3. The minimum atomic E-state index is -0.232. The molecule has 0 aliphatic rings. The first-order valence-corrected chi connectivity index (χ1v) is 22.6. The Hall–Kier alpha value is -1.40. The van der Waals surface area contributed by atoms with Gasteiger partial charge in [-0.2, -0.15) is 0 Å². The Labute approximate surface area is 317 Å². The Morgan fingerprint density at radius 3 is 1.57 bits per heavy atom. The molecule has 0 aromatic carbocycles. The van der Waals surface area contributed by atoms with Gasteiger partial charge in [-0.1, -0.05) is 168 Å². The smallest absolute Gasteiger partial charge is 0.306 e. The summed E-state index contributed by atoms with van der Waals surface area (Å²) < 4.78 is 8.21. The molecule has 0 amide bonds. The molecule has 0 spiro atoms. The maximum absolute atomic E-state index is 12.8. The fourth-order valence-electron chi connectivity index (χ4n) is 7.39. The first-order chi connectivity index (χ1) is 25.1. The van der Waals surface area contributed by atoms with E-state index in [-0.39, 0.29) is 18.2 Å². The normalized spacial score (nSPS) is 12.4. The van der Waals surface area contributed by atoms with Crippen molar-refractivity contribution in [3.05, 3.63) is 18.7 Å². The molecular formula is C45H87N3O3. The Kier molecular flexibility index (Phi) is 34.5. The number of unbranched alkanes of at least 4 members (excludes halogenated alkanes) is 23. The zero-order chi connectivity index (χ0) is 36.9. The minimum Gasteiger partial charge on any atom is -0.462 e. The van der Waals surface area contributed by atoms with Crippen LogP contribution in [0, 0.1) is 0 Å². The summed E-state index contributed by atoms with van der Waals surface area (Å²) in [5.41, 5.74) is 0. The van der Waals surface area contributed by atoms with Crippen molar-refractivity contribution in [3.63, 3.8) is 0 Å². The lowest BCUT2D eigenvalue weighted by molar-refractivity contribution is -0.150. The monoisotopic (exact) mass is 718 g/mol. The number of hydrogen-bond acceptors (Lipinski definition) is 5. The van der Waals surface area contributed by atoms with E-state index in [9.17, 15) is 9.90 Å². The van der Waals surface area contributed by atoms with E-state index in [0.29, 0.717) is 6.42 Å². The van der Waals surface area contributed by atoms with Crippen LogP contribution in [0.25, 0.3) is 0 Å². The summed E-state index contributed by atoms with van der Waals surface area (Å²) in [7, 11) is 0. The Bertz CT molecular complexity index is 817. The van der Waals surface area contributed by atoms with Gasteiger partial charge in [0.1, 0.15) is 6.10 Å². The number of hydrogen-bond donors (Lipinski definition) is 1. The molecule has 1 aromatic rings. The molecule has 1 unspecified atom stereocenters. The van der Waals surface area contributed by atoms with Gasteiger partial charge >= 0.3 is 5.97 Å². The van der Waals surface area contributed by atoms with Crippen LogP contribution in [-0.2, 0) is 16.1 Å². The van der Waals surface area contributed by atoms with Crippen LogP contribution in [-0.4, -0.2) is 57.4 Å². The van der Waals surface area contributed by atoms with Gasteiger partial charge in [-0.15, -0.1) is 0 Å². The molecule has 0 fully saturated rings. The summed E-state index contributed by atoms with van der Waals surface area (Å²) in [5, 5.41) is 10.9. The van der Waals surface area contributed by atoms with Crippen LogP contribution in [0.15, 0.2) is 18.7 Å². The molecule has 0 bridgehead atoms. The molecule has 1 atom stereocenters. The second-order valence-corrected chi connectivity index (χ2v) is 15.8. The second-order valence-electron chi connectivity index (χ2n) is 15.8. The molecule has 6 heteroatoms. The zero-order valence-corrected chi connectivity index (χ0v) is 34.4. The SMILES string of the molecule is CCCCCCCCCCCCC(O)CN(CCCCCCCC(=O)OC(CCCCCCCC)CCCCCCCC)CCCn1ccnc1. The van der Waals surface area contributed by atoms with Gasteiger partial charge in [-0.05, 0) is 64.5 Å². The number of esters is 1. The van der Waals surface area contributed by atoms with E-state index in [4.69, 9.17) is 4.74 Å². The average molecular weight is 718 g/mol. The Morgan fingerprint density at radius 2 is 1.06 bits per heavy atom. The summed E-state index contributed by atoms with van der Waals surface area (Å²) >= 11 is 0. The van der Waals surface area contributed by atoms with Gasteiger partial charge in [-0.25, -0.2) is 4.98 Å². The third-order valence-corrected chi connectivity index (χ3v) is 10.7. The van der Waals surface area contributed by atoms with Crippen LogP contribution < -0.4 is 0 Å². The molecule has 1 N–H and O–H groups in total. The average Bonchev–Trinajstić information content (AvgIpc) is 3.65. The van der Waals surface area contributed by atoms with E-state index in [2.05, 4.69) is 35.2 Å². The van der Waals surface area contributed by atoms with E-state index in [1.165, 1.54) is 141 Å². The molecule has 0 radical (unpaired) electrons. The molecule has 0 saturated heterocycles. The summed E-state index contributed by atoms with van der Waals surface area (Å²) in [6, 6.07) is 0. The fourth-order valence-corrected chi connectivity index (χ4v) is 7.39. The first kappa shape index (κ1) is 47.6. The van der Waals surface area contributed by atoms with Gasteiger partial charge in [0, 0.05) is 31.9 Å². The highest BCUT2D eigenvalue weighted by molar-refractivity contribution is 5.69. The summed E-state index contributed by atoms with van der Waals surface area (Å²) in [5.74, 6) is 0.0254. The highest BCUT2D eigenvalue weighted by Crippen LogP contribution is 2.19. The molecule has 1 heterocycles.